The fraction of sp³-hybridized carbons (Fsp3) is 0.438. The normalized spacial score (nSPS) is 17.4. The van der Waals surface area contributed by atoms with Gasteiger partial charge >= 0.3 is 0 Å². The molecular formula is C32H40N4O3. The van der Waals surface area contributed by atoms with Gasteiger partial charge in [-0.25, -0.2) is 0 Å². The van der Waals surface area contributed by atoms with Crippen LogP contribution >= 0.6 is 0 Å². The number of aryl methyl sites for hydroxylation is 2. The van der Waals surface area contributed by atoms with Gasteiger partial charge in [0.1, 0.15) is 0 Å². The summed E-state index contributed by atoms with van der Waals surface area (Å²) in [6, 6.07) is 13.1. The molecule has 1 saturated heterocycles. The van der Waals surface area contributed by atoms with Crippen LogP contribution in [-0.2, 0) is 24.2 Å². The maximum atomic E-state index is 13.6. The van der Waals surface area contributed by atoms with E-state index in [9.17, 15) is 9.59 Å². The summed E-state index contributed by atoms with van der Waals surface area (Å²) in [5.74, 6) is -0.149. The van der Waals surface area contributed by atoms with Gasteiger partial charge in [0.25, 0.3) is 11.5 Å². The monoisotopic (exact) mass is 528 g/mol. The van der Waals surface area contributed by atoms with Gasteiger partial charge in [-0.15, -0.1) is 0 Å². The highest BCUT2D eigenvalue weighted by Crippen LogP contribution is 2.43. The first-order valence-electron chi connectivity index (χ1n) is 13.9. The Kier molecular flexibility index (Phi) is 8.03. The summed E-state index contributed by atoms with van der Waals surface area (Å²) >= 11 is 0. The summed E-state index contributed by atoms with van der Waals surface area (Å²) in [6.07, 6.45) is 2.03. The first-order valence-corrected chi connectivity index (χ1v) is 13.9. The topological polar surface area (TPSA) is 77.7 Å². The minimum absolute atomic E-state index is 0.149. The lowest BCUT2D eigenvalue weighted by atomic mass is 9.88. The molecule has 0 saturated carbocycles. The van der Waals surface area contributed by atoms with Crippen LogP contribution in [0.4, 0.5) is 0 Å². The maximum absolute atomic E-state index is 13.6. The fourth-order valence-corrected chi connectivity index (χ4v) is 6.18. The van der Waals surface area contributed by atoms with Crippen LogP contribution in [0, 0.1) is 20.8 Å². The first kappa shape index (κ1) is 27.3. The van der Waals surface area contributed by atoms with Crippen LogP contribution in [0.15, 0.2) is 41.2 Å². The first-order chi connectivity index (χ1) is 18.7. The number of morpholine rings is 1. The smallest absolute Gasteiger partial charge is 0.253 e. The second-order valence-electron chi connectivity index (χ2n) is 11.2. The number of carbonyl (C=O) groups excluding carboxylic acids is 1. The largest absolute Gasteiger partial charge is 0.379 e. The summed E-state index contributed by atoms with van der Waals surface area (Å²) in [7, 11) is 4.22. The molecule has 1 atom stereocenters. The second-order valence-corrected chi connectivity index (χ2v) is 11.2. The number of ether oxygens (including phenoxy) is 1. The highest BCUT2D eigenvalue weighted by atomic mass is 16.5. The number of H-pyrrole nitrogens is 1. The standard InChI is InChI=1S/C32H40N4O3/c1-20-16-21(2)34-32(38)28(20)18-33-31(37)26-17-27(25-10-11-29(35(4)5)30(25)22(26)3)24-8-6-23(7-9-24)19-36-12-14-39-15-13-36/h6-9,16-17,29H,10-15,18-19H2,1-5H3,(H,33,37)(H,34,38). The van der Waals surface area contributed by atoms with E-state index in [2.05, 4.69) is 71.5 Å². The molecule has 0 bridgehead atoms. The molecular weight excluding hydrogens is 488 g/mol. The van der Waals surface area contributed by atoms with Crippen molar-refractivity contribution in [3.8, 4) is 11.1 Å². The molecule has 1 amide bonds. The molecule has 2 aliphatic rings. The van der Waals surface area contributed by atoms with Crippen LogP contribution in [0.5, 0.6) is 0 Å². The van der Waals surface area contributed by atoms with Crippen LogP contribution in [-0.4, -0.2) is 61.1 Å². The molecule has 2 heterocycles. The van der Waals surface area contributed by atoms with Crippen molar-refractivity contribution in [1.29, 1.82) is 0 Å². The van der Waals surface area contributed by atoms with E-state index < -0.39 is 0 Å². The number of aromatic amines is 1. The van der Waals surface area contributed by atoms with Gasteiger partial charge in [-0.05, 0) is 98.8 Å². The molecule has 0 spiro atoms. The molecule has 1 aromatic heterocycles. The van der Waals surface area contributed by atoms with Crippen molar-refractivity contribution >= 4 is 5.91 Å². The fourth-order valence-electron chi connectivity index (χ4n) is 6.18. The molecule has 0 radical (unpaired) electrons. The number of benzene rings is 2. The second kappa shape index (κ2) is 11.5. The third-order valence-corrected chi connectivity index (χ3v) is 8.31. The predicted molar refractivity (Wildman–Crippen MR) is 155 cm³/mol. The number of fused-ring (bicyclic) bond motifs is 1. The number of hydrogen-bond donors (Lipinski definition) is 2. The Hall–Kier alpha value is -3.26. The molecule has 39 heavy (non-hydrogen) atoms. The zero-order chi connectivity index (χ0) is 27.7. The van der Waals surface area contributed by atoms with Crippen molar-refractivity contribution in [2.24, 2.45) is 0 Å². The molecule has 1 fully saturated rings. The van der Waals surface area contributed by atoms with Crippen LogP contribution < -0.4 is 10.9 Å². The van der Waals surface area contributed by atoms with Crippen LogP contribution in [0.2, 0.25) is 0 Å². The van der Waals surface area contributed by atoms with Crippen molar-refractivity contribution in [3.63, 3.8) is 0 Å². The SMILES string of the molecule is Cc1cc(C)c(CNC(=O)c2cc(-c3ccc(CN4CCOCC4)cc3)c3c(c2C)C(N(C)C)CC3)c(=O)[nH]1. The van der Waals surface area contributed by atoms with Crippen LogP contribution in [0.3, 0.4) is 0 Å². The average Bonchev–Trinajstić information content (AvgIpc) is 3.36. The molecule has 7 heteroatoms. The number of aromatic nitrogens is 1. The van der Waals surface area contributed by atoms with E-state index in [1.165, 1.54) is 16.7 Å². The Bertz CT molecular complexity index is 1420. The van der Waals surface area contributed by atoms with Gasteiger partial charge in [-0.3, -0.25) is 14.5 Å². The third-order valence-electron chi connectivity index (χ3n) is 8.31. The van der Waals surface area contributed by atoms with Gasteiger partial charge in [0.15, 0.2) is 0 Å². The number of amides is 1. The van der Waals surface area contributed by atoms with Crippen molar-refractivity contribution in [3.05, 3.63) is 91.4 Å². The Morgan fingerprint density at radius 3 is 2.49 bits per heavy atom. The molecule has 1 aliphatic heterocycles. The Balaban J connectivity index is 1.47. The van der Waals surface area contributed by atoms with E-state index in [4.69, 9.17) is 4.74 Å². The van der Waals surface area contributed by atoms with E-state index in [-0.39, 0.29) is 24.1 Å². The predicted octanol–water partition coefficient (Wildman–Crippen LogP) is 4.28. The summed E-state index contributed by atoms with van der Waals surface area (Å²) in [6.45, 7) is 10.5. The molecule has 2 N–H and O–H groups in total. The van der Waals surface area contributed by atoms with Gasteiger partial charge in [0, 0.05) is 49.0 Å². The summed E-state index contributed by atoms with van der Waals surface area (Å²) in [5.41, 5.74) is 10.0. The summed E-state index contributed by atoms with van der Waals surface area (Å²) in [5, 5.41) is 3.04. The number of hydrogen-bond acceptors (Lipinski definition) is 5. The molecule has 7 nitrogen and oxygen atoms in total. The van der Waals surface area contributed by atoms with Crippen molar-refractivity contribution < 1.29 is 9.53 Å². The minimum atomic E-state index is -0.149. The highest BCUT2D eigenvalue weighted by molar-refractivity contribution is 5.98. The Morgan fingerprint density at radius 2 is 1.82 bits per heavy atom. The Morgan fingerprint density at radius 1 is 1.10 bits per heavy atom. The Labute approximate surface area is 231 Å². The lowest BCUT2D eigenvalue weighted by Gasteiger charge is -2.26. The van der Waals surface area contributed by atoms with Gasteiger partial charge in [-0.2, -0.15) is 0 Å². The lowest BCUT2D eigenvalue weighted by Crippen LogP contribution is -2.35. The summed E-state index contributed by atoms with van der Waals surface area (Å²) in [4.78, 5) is 33.7. The molecule has 3 aromatic rings. The lowest BCUT2D eigenvalue weighted by molar-refractivity contribution is 0.0342. The molecule has 2 aromatic carbocycles. The number of carbonyl (C=O) groups is 1. The van der Waals surface area contributed by atoms with E-state index in [1.807, 2.05) is 19.9 Å². The van der Waals surface area contributed by atoms with Crippen LogP contribution in [0.1, 0.15) is 61.9 Å². The highest BCUT2D eigenvalue weighted by Gasteiger charge is 2.31. The van der Waals surface area contributed by atoms with Crippen molar-refractivity contribution in [2.45, 2.75) is 52.7 Å². The molecule has 5 rings (SSSR count). The quantitative estimate of drug-likeness (QED) is 0.479. The number of pyridine rings is 1. The van der Waals surface area contributed by atoms with Crippen molar-refractivity contribution in [2.75, 3.05) is 40.4 Å². The minimum Gasteiger partial charge on any atom is -0.379 e. The number of nitrogens with one attached hydrogen (secondary N) is 2. The van der Waals surface area contributed by atoms with Crippen molar-refractivity contribution in [1.82, 2.24) is 20.1 Å². The molecule has 1 aliphatic carbocycles. The maximum Gasteiger partial charge on any atom is 0.253 e. The van der Waals surface area contributed by atoms with Crippen LogP contribution in [0.25, 0.3) is 11.1 Å². The van der Waals surface area contributed by atoms with E-state index in [0.717, 1.165) is 73.6 Å². The van der Waals surface area contributed by atoms with Gasteiger partial charge in [-0.1, -0.05) is 24.3 Å². The molecule has 1 unspecified atom stereocenters. The van der Waals surface area contributed by atoms with Gasteiger partial charge in [0.05, 0.1) is 13.2 Å². The van der Waals surface area contributed by atoms with Gasteiger partial charge < -0.3 is 19.9 Å². The zero-order valence-corrected chi connectivity index (χ0v) is 23.8. The van der Waals surface area contributed by atoms with E-state index >= 15 is 0 Å². The van der Waals surface area contributed by atoms with E-state index in [1.54, 1.807) is 0 Å². The summed E-state index contributed by atoms with van der Waals surface area (Å²) < 4.78 is 5.49. The average molecular weight is 529 g/mol. The molecule has 206 valence electrons. The van der Waals surface area contributed by atoms with E-state index in [0.29, 0.717) is 11.1 Å². The van der Waals surface area contributed by atoms with Gasteiger partial charge in [0.2, 0.25) is 0 Å². The number of nitrogens with zero attached hydrogens (tertiary/aromatic N) is 2. The third kappa shape index (κ3) is 5.71. The zero-order valence-electron chi connectivity index (χ0n) is 23.8. The number of rotatable bonds is 7.